The highest BCUT2D eigenvalue weighted by Gasteiger charge is 2.39. The largest absolute Gasteiger partial charge is 0.508 e. The number of ether oxygens (including phenoxy) is 1. The van der Waals surface area contributed by atoms with Crippen molar-refractivity contribution < 1.29 is 28.6 Å². The summed E-state index contributed by atoms with van der Waals surface area (Å²) in [4.78, 5) is 41.1. The predicted molar refractivity (Wildman–Crippen MR) is 144 cm³/mol. The fourth-order valence-corrected chi connectivity index (χ4v) is 4.68. The number of likely N-dealkylation sites (N-methyl/N-ethyl adjacent to an activating group) is 1. The molecule has 2 aromatic carbocycles. The quantitative estimate of drug-likeness (QED) is 0.443. The van der Waals surface area contributed by atoms with E-state index in [4.69, 9.17) is 4.74 Å². The molecular weight excluding hydrogens is 503 g/mol. The molecule has 1 aliphatic heterocycles. The maximum Gasteiger partial charge on any atom is 0.245 e. The van der Waals surface area contributed by atoms with Crippen LogP contribution in [-0.2, 0) is 27.2 Å². The van der Waals surface area contributed by atoms with Crippen LogP contribution in [0, 0.1) is 5.92 Å². The summed E-state index contributed by atoms with van der Waals surface area (Å²) in [6.07, 6.45) is 0.665. The van der Waals surface area contributed by atoms with Crippen LogP contribution in [0.25, 0.3) is 0 Å². The second-order valence-corrected chi connectivity index (χ2v) is 10.3. The number of fused-ring (bicyclic) bond motifs is 1. The summed E-state index contributed by atoms with van der Waals surface area (Å²) >= 11 is 0. The van der Waals surface area contributed by atoms with Gasteiger partial charge in [-0.1, -0.05) is 30.3 Å². The normalized spacial score (nSPS) is 25.9. The Morgan fingerprint density at radius 3 is 2.44 bits per heavy atom. The molecule has 2 aliphatic rings. The number of para-hydroxylation sites is 1. The Kier molecular flexibility index (Phi) is 9.40. The predicted octanol–water partition coefficient (Wildman–Crippen LogP) is 2.07. The lowest BCUT2D eigenvalue weighted by Gasteiger charge is -2.30. The van der Waals surface area contributed by atoms with Crippen molar-refractivity contribution in [2.24, 2.45) is 5.92 Å². The minimum atomic E-state index is -1.65. The zero-order valence-electron chi connectivity index (χ0n) is 22.4. The number of nitrogens with zero attached hydrogens (tertiary/aromatic N) is 1. The Morgan fingerprint density at radius 2 is 1.72 bits per heavy atom. The first-order valence-electron chi connectivity index (χ1n) is 13.5. The second-order valence-electron chi connectivity index (χ2n) is 10.3. The smallest absolute Gasteiger partial charge is 0.245 e. The number of aromatic hydroxyl groups is 1. The Hall–Kier alpha value is -3.66. The SMILES string of the molecule is C[C@@H]1C(=O)N[C@H](Cc2ccc(O)cc2)C(=O)N[C@H](F)CCc2ccccc2OCCN[C@@H](C2CC2)C(=O)N1C. The van der Waals surface area contributed by atoms with Crippen LogP contribution in [0.4, 0.5) is 4.39 Å². The fourth-order valence-electron chi connectivity index (χ4n) is 4.68. The van der Waals surface area contributed by atoms with E-state index in [0.717, 1.165) is 18.4 Å². The van der Waals surface area contributed by atoms with Gasteiger partial charge in [0, 0.05) is 26.4 Å². The van der Waals surface area contributed by atoms with Crippen LogP contribution in [0.1, 0.15) is 37.3 Å². The summed E-state index contributed by atoms with van der Waals surface area (Å²) in [5.74, 6) is -0.497. The standard InChI is InChI=1S/C29H37FN4O5/c1-18-27(36)32-23(17-19-7-12-22(35)13-8-19)28(37)33-25(30)14-11-20-5-3-4-6-24(20)39-16-15-31-26(21-9-10-21)29(38)34(18)2/h3-8,12-13,18,21,23,25-26,31,35H,9-11,14-17H2,1-2H3,(H,32,36)(H,33,37)/t18-,23-,25+,26+/m1/s1. The molecule has 39 heavy (non-hydrogen) atoms. The van der Waals surface area contributed by atoms with Crippen molar-refractivity contribution >= 4 is 17.7 Å². The molecule has 1 heterocycles. The van der Waals surface area contributed by atoms with Crippen molar-refractivity contribution in [2.75, 3.05) is 20.2 Å². The number of amides is 3. The molecule has 1 fully saturated rings. The van der Waals surface area contributed by atoms with Crippen LogP contribution in [0.5, 0.6) is 11.5 Å². The molecule has 4 N–H and O–H groups in total. The second kappa shape index (κ2) is 12.9. The minimum absolute atomic E-state index is 0.0294. The van der Waals surface area contributed by atoms with Crippen LogP contribution in [-0.4, -0.2) is 72.3 Å². The van der Waals surface area contributed by atoms with Gasteiger partial charge >= 0.3 is 0 Å². The van der Waals surface area contributed by atoms with Gasteiger partial charge in [-0.05, 0) is 61.4 Å². The maximum absolute atomic E-state index is 15.0. The van der Waals surface area contributed by atoms with Gasteiger partial charge in [0.15, 0.2) is 6.30 Å². The molecule has 9 nitrogen and oxygen atoms in total. The monoisotopic (exact) mass is 540 g/mol. The van der Waals surface area contributed by atoms with E-state index in [-0.39, 0.29) is 30.4 Å². The molecule has 4 atom stereocenters. The van der Waals surface area contributed by atoms with Crippen LogP contribution < -0.4 is 20.7 Å². The van der Waals surface area contributed by atoms with E-state index in [9.17, 15) is 23.9 Å². The van der Waals surface area contributed by atoms with E-state index >= 15 is 0 Å². The van der Waals surface area contributed by atoms with Gasteiger partial charge in [0.25, 0.3) is 0 Å². The molecule has 0 unspecified atom stereocenters. The molecular formula is C29H37FN4O5. The van der Waals surface area contributed by atoms with Crippen molar-refractivity contribution in [1.29, 1.82) is 0 Å². The van der Waals surface area contributed by atoms with Crippen molar-refractivity contribution in [2.45, 2.75) is 63.4 Å². The number of benzene rings is 2. The molecule has 0 aromatic heterocycles. The van der Waals surface area contributed by atoms with Gasteiger partial charge in [0.1, 0.15) is 30.2 Å². The summed E-state index contributed by atoms with van der Waals surface area (Å²) in [6.45, 7) is 2.36. The van der Waals surface area contributed by atoms with Crippen molar-refractivity contribution in [3.63, 3.8) is 0 Å². The van der Waals surface area contributed by atoms with Crippen LogP contribution in [0.3, 0.4) is 0 Å². The maximum atomic E-state index is 15.0. The number of rotatable bonds is 3. The van der Waals surface area contributed by atoms with E-state index < -0.39 is 36.2 Å². The highest BCUT2D eigenvalue weighted by molar-refractivity contribution is 5.93. The van der Waals surface area contributed by atoms with Gasteiger partial charge in [-0.2, -0.15) is 0 Å². The van der Waals surface area contributed by atoms with E-state index in [1.54, 1.807) is 26.1 Å². The first kappa shape index (κ1) is 28.4. The number of nitrogens with one attached hydrogen (secondary N) is 3. The van der Waals surface area contributed by atoms with Gasteiger partial charge in [0.2, 0.25) is 17.7 Å². The van der Waals surface area contributed by atoms with Crippen molar-refractivity contribution in [3.05, 3.63) is 59.7 Å². The van der Waals surface area contributed by atoms with Gasteiger partial charge in [-0.25, -0.2) is 4.39 Å². The molecule has 0 bridgehead atoms. The van der Waals surface area contributed by atoms with E-state index in [0.29, 0.717) is 30.9 Å². The first-order valence-corrected chi connectivity index (χ1v) is 13.5. The van der Waals surface area contributed by atoms with Gasteiger partial charge < -0.3 is 30.7 Å². The summed E-state index contributed by atoms with van der Waals surface area (Å²) in [5.41, 5.74) is 1.49. The van der Waals surface area contributed by atoms with Crippen molar-refractivity contribution in [3.8, 4) is 11.5 Å². The highest BCUT2D eigenvalue weighted by atomic mass is 19.1. The molecule has 10 heteroatoms. The number of phenols is 1. The average Bonchev–Trinajstić information content (AvgIpc) is 3.77. The third kappa shape index (κ3) is 7.69. The van der Waals surface area contributed by atoms with Gasteiger partial charge in [0.05, 0.1) is 6.04 Å². The van der Waals surface area contributed by atoms with Crippen LogP contribution in [0.2, 0.25) is 0 Å². The average molecular weight is 541 g/mol. The number of phenolic OH excluding ortho intramolecular Hbond substituents is 1. The Labute approximate surface area is 228 Å². The molecule has 4 rings (SSSR count). The lowest BCUT2D eigenvalue weighted by atomic mass is 10.0. The number of alkyl halides is 1. The number of aryl methyl sites for hydroxylation is 1. The van der Waals surface area contributed by atoms with E-state index in [2.05, 4.69) is 16.0 Å². The van der Waals surface area contributed by atoms with Crippen LogP contribution in [0.15, 0.2) is 48.5 Å². The zero-order valence-corrected chi connectivity index (χ0v) is 22.4. The van der Waals surface area contributed by atoms with Gasteiger partial charge in [-0.15, -0.1) is 0 Å². The Balaban J connectivity index is 1.57. The summed E-state index contributed by atoms with van der Waals surface area (Å²) in [5, 5.41) is 18.0. The van der Waals surface area contributed by atoms with Crippen molar-refractivity contribution in [1.82, 2.24) is 20.9 Å². The number of carbonyl (C=O) groups excluding carboxylic acids is 3. The molecule has 210 valence electrons. The van der Waals surface area contributed by atoms with Crippen LogP contribution >= 0.6 is 0 Å². The number of carbonyl (C=O) groups is 3. The molecule has 0 spiro atoms. The summed E-state index contributed by atoms with van der Waals surface area (Å²) in [6, 6.07) is 11.2. The molecule has 1 saturated carbocycles. The fraction of sp³-hybridized carbons (Fsp3) is 0.483. The number of hydrogen-bond acceptors (Lipinski definition) is 6. The highest BCUT2D eigenvalue weighted by Crippen LogP contribution is 2.33. The molecule has 2 aromatic rings. The molecule has 0 radical (unpaired) electrons. The van der Waals surface area contributed by atoms with E-state index in [1.165, 1.54) is 17.0 Å². The Bertz CT molecular complexity index is 1160. The number of hydrogen-bond donors (Lipinski definition) is 4. The Morgan fingerprint density at radius 1 is 1.00 bits per heavy atom. The van der Waals surface area contributed by atoms with Gasteiger partial charge in [-0.3, -0.25) is 14.4 Å². The third-order valence-electron chi connectivity index (χ3n) is 7.34. The topological polar surface area (TPSA) is 120 Å². The number of halogens is 1. The molecule has 3 amide bonds. The lowest BCUT2D eigenvalue weighted by molar-refractivity contribution is -0.141. The third-order valence-corrected chi connectivity index (χ3v) is 7.34. The van der Waals surface area contributed by atoms with E-state index in [1.807, 2.05) is 24.3 Å². The minimum Gasteiger partial charge on any atom is -0.508 e. The first-order chi connectivity index (χ1) is 18.7. The zero-order chi connectivity index (χ0) is 27.9. The summed E-state index contributed by atoms with van der Waals surface area (Å²) in [7, 11) is 1.57. The molecule has 0 saturated heterocycles. The molecule has 1 aliphatic carbocycles. The lowest BCUT2D eigenvalue weighted by Crippen LogP contribution is -2.57. The summed E-state index contributed by atoms with van der Waals surface area (Å²) < 4.78 is 20.9.